The molecule has 0 radical (unpaired) electrons. The summed E-state index contributed by atoms with van der Waals surface area (Å²) in [6.45, 7) is 0.888. The number of imidazole rings is 1. The second-order valence-electron chi connectivity index (χ2n) is 7.27. The number of aromatic hydroxyl groups is 1. The molecular formula is C21H16N6O2S. The lowest BCUT2D eigenvalue weighted by Crippen LogP contribution is -2.43. The van der Waals surface area contributed by atoms with Gasteiger partial charge in [-0.2, -0.15) is 5.26 Å². The maximum atomic E-state index is 13.3. The van der Waals surface area contributed by atoms with Gasteiger partial charge in [-0.25, -0.2) is 14.3 Å². The van der Waals surface area contributed by atoms with Crippen molar-refractivity contribution in [3.63, 3.8) is 0 Å². The fourth-order valence-corrected chi connectivity index (χ4v) is 4.83. The molecule has 4 heterocycles. The molecule has 3 aromatic rings. The minimum absolute atomic E-state index is 0.0900. The standard InChI is InChI=1S/C21H16N6O2S/c1-2-7-23-20(30)25-11-12-8-16(25)18-19(28)27(21(29)26(12)18)17-10-24-15(9-22)13-5-3-4-6-14(13)17/h1,3-6,10,12,16,28H,7-8,11H2,(H,23,30)/t12-,16?/m1/s1. The first kappa shape index (κ1) is 18.2. The Hall–Kier alpha value is -3.82. The van der Waals surface area contributed by atoms with E-state index < -0.39 is 0 Å². The molecule has 9 heteroatoms. The fourth-order valence-electron chi connectivity index (χ4n) is 4.56. The van der Waals surface area contributed by atoms with Gasteiger partial charge in [0.1, 0.15) is 17.5 Å². The summed E-state index contributed by atoms with van der Waals surface area (Å²) in [6, 6.07) is 8.98. The highest BCUT2D eigenvalue weighted by Gasteiger charge is 2.48. The molecule has 30 heavy (non-hydrogen) atoms. The summed E-state index contributed by atoms with van der Waals surface area (Å²) in [7, 11) is 0. The molecule has 5 rings (SSSR count). The van der Waals surface area contributed by atoms with Crippen LogP contribution in [0, 0.1) is 23.7 Å². The number of rotatable bonds is 2. The Balaban J connectivity index is 1.66. The van der Waals surface area contributed by atoms with Crippen molar-refractivity contribution in [3.8, 4) is 30.0 Å². The second-order valence-corrected chi connectivity index (χ2v) is 7.65. The first-order valence-electron chi connectivity index (χ1n) is 9.39. The predicted molar refractivity (Wildman–Crippen MR) is 114 cm³/mol. The van der Waals surface area contributed by atoms with Gasteiger partial charge in [0.25, 0.3) is 0 Å². The number of aromatic nitrogens is 3. The SMILES string of the molecule is C#CCNC(=S)N1C[C@H]2CC1c1c(O)n(-c3cnc(C#N)c4ccccc34)c(=O)n12. The van der Waals surface area contributed by atoms with Crippen molar-refractivity contribution >= 4 is 28.1 Å². The van der Waals surface area contributed by atoms with Gasteiger partial charge in [-0.15, -0.1) is 6.42 Å². The van der Waals surface area contributed by atoms with E-state index >= 15 is 0 Å². The van der Waals surface area contributed by atoms with Crippen LogP contribution in [0.3, 0.4) is 0 Å². The number of nitriles is 1. The third kappa shape index (κ3) is 2.36. The number of benzene rings is 1. The van der Waals surface area contributed by atoms with Gasteiger partial charge in [-0.05, 0) is 18.6 Å². The van der Waals surface area contributed by atoms with Crippen LogP contribution in [0.4, 0.5) is 0 Å². The molecule has 8 nitrogen and oxygen atoms in total. The summed E-state index contributed by atoms with van der Waals surface area (Å²) in [5.41, 5.74) is 0.918. The zero-order chi connectivity index (χ0) is 21.0. The number of pyridine rings is 1. The number of hydrogen-bond donors (Lipinski definition) is 2. The van der Waals surface area contributed by atoms with Gasteiger partial charge in [0.2, 0.25) is 5.88 Å². The molecule has 148 valence electrons. The van der Waals surface area contributed by atoms with E-state index in [0.29, 0.717) is 46.8 Å². The van der Waals surface area contributed by atoms with Crippen molar-refractivity contribution in [1.29, 1.82) is 5.26 Å². The molecule has 2 N–H and O–H groups in total. The maximum absolute atomic E-state index is 13.3. The Labute approximate surface area is 177 Å². The quantitative estimate of drug-likeness (QED) is 0.483. The number of nitrogens with one attached hydrogen (secondary N) is 1. The number of fused-ring (bicyclic) bond motifs is 6. The normalized spacial score (nSPS) is 18.8. The van der Waals surface area contributed by atoms with Crippen molar-refractivity contribution in [3.05, 3.63) is 52.3 Å². The number of likely N-dealkylation sites (tertiary alicyclic amines) is 1. The van der Waals surface area contributed by atoms with Gasteiger partial charge < -0.3 is 15.3 Å². The van der Waals surface area contributed by atoms with E-state index in [0.717, 1.165) is 0 Å². The highest BCUT2D eigenvalue weighted by molar-refractivity contribution is 7.80. The number of nitrogens with zero attached hydrogens (tertiary/aromatic N) is 5. The third-order valence-electron chi connectivity index (χ3n) is 5.78. The number of terminal acetylenes is 1. The van der Waals surface area contributed by atoms with Crippen molar-refractivity contribution in [2.75, 3.05) is 13.1 Å². The third-order valence-corrected chi connectivity index (χ3v) is 6.16. The van der Waals surface area contributed by atoms with Crippen LogP contribution < -0.4 is 11.0 Å². The first-order chi connectivity index (χ1) is 14.6. The van der Waals surface area contributed by atoms with E-state index in [1.54, 1.807) is 16.7 Å². The van der Waals surface area contributed by atoms with E-state index in [1.165, 1.54) is 10.8 Å². The van der Waals surface area contributed by atoms with Crippen molar-refractivity contribution in [1.82, 2.24) is 24.3 Å². The molecular weight excluding hydrogens is 400 g/mol. The summed E-state index contributed by atoms with van der Waals surface area (Å²) >= 11 is 5.44. The molecule has 1 fully saturated rings. The Morgan fingerprint density at radius 1 is 1.40 bits per heavy atom. The molecule has 2 aromatic heterocycles. The molecule has 0 amide bonds. The summed E-state index contributed by atoms with van der Waals surface area (Å²) < 4.78 is 2.92. The Morgan fingerprint density at radius 3 is 2.90 bits per heavy atom. The lowest BCUT2D eigenvalue weighted by atomic mass is 10.1. The lowest BCUT2D eigenvalue weighted by molar-refractivity contribution is 0.334. The molecule has 2 aliphatic rings. The van der Waals surface area contributed by atoms with E-state index in [-0.39, 0.29) is 29.3 Å². The molecule has 1 saturated heterocycles. The van der Waals surface area contributed by atoms with E-state index in [1.807, 2.05) is 17.0 Å². The molecule has 0 saturated carbocycles. The summed E-state index contributed by atoms with van der Waals surface area (Å²) in [6.07, 6.45) is 7.45. The topological polar surface area (TPSA) is 99.1 Å². The molecule has 2 atom stereocenters. The predicted octanol–water partition coefficient (Wildman–Crippen LogP) is 1.57. The van der Waals surface area contributed by atoms with Gasteiger partial charge >= 0.3 is 5.69 Å². The molecule has 1 aromatic carbocycles. The highest BCUT2D eigenvalue weighted by Crippen LogP contribution is 2.48. The van der Waals surface area contributed by atoms with Crippen LogP contribution in [0.5, 0.6) is 5.88 Å². The highest BCUT2D eigenvalue weighted by atomic mass is 32.1. The van der Waals surface area contributed by atoms with Gasteiger partial charge in [0.05, 0.1) is 30.5 Å². The van der Waals surface area contributed by atoms with Crippen molar-refractivity contribution in [2.24, 2.45) is 0 Å². The second kappa shape index (κ2) is 6.61. The van der Waals surface area contributed by atoms with Crippen LogP contribution in [-0.4, -0.2) is 42.3 Å². The fraction of sp³-hybridized carbons (Fsp3) is 0.238. The van der Waals surface area contributed by atoms with E-state index in [9.17, 15) is 15.2 Å². The molecule has 0 spiro atoms. The minimum atomic E-state index is -0.325. The van der Waals surface area contributed by atoms with Gasteiger partial charge in [0.15, 0.2) is 5.11 Å². The van der Waals surface area contributed by atoms with E-state index in [4.69, 9.17) is 18.6 Å². The Kier molecular flexibility index (Phi) is 4.02. The van der Waals surface area contributed by atoms with E-state index in [2.05, 4.69) is 22.3 Å². The number of thiocarbonyl (C=S) groups is 1. The van der Waals surface area contributed by atoms with Gasteiger partial charge in [-0.3, -0.25) is 4.57 Å². The zero-order valence-electron chi connectivity index (χ0n) is 15.7. The maximum Gasteiger partial charge on any atom is 0.336 e. The molecule has 1 unspecified atom stereocenters. The summed E-state index contributed by atoms with van der Waals surface area (Å²) in [5.74, 6) is 2.36. The first-order valence-corrected chi connectivity index (χ1v) is 9.80. The summed E-state index contributed by atoms with van der Waals surface area (Å²) in [4.78, 5) is 19.5. The molecule has 2 bridgehead atoms. The van der Waals surface area contributed by atoms with Crippen LogP contribution >= 0.6 is 12.2 Å². The van der Waals surface area contributed by atoms with Gasteiger partial charge in [0, 0.05) is 17.3 Å². The Bertz CT molecular complexity index is 1360. The average Bonchev–Trinajstić information content (AvgIpc) is 3.43. The summed E-state index contributed by atoms with van der Waals surface area (Å²) in [5, 5.41) is 25.3. The van der Waals surface area contributed by atoms with Crippen LogP contribution in [0.2, 0.25) is 0 Å². The van der Waals surface area contributed by atoms with Crippen molar-refractivity contribution in [2.45, 2.75) is 18.5 Å². The largest absolute Gasteiger partial charge is 0.493 e. The smallest absolute Gasteiger partial charge is 0.336 e. The lowest BCUT2D eigenvalue weighted by Gasteiger charge is -2.29. The number of hydrogen-bond acceptors (Lipinski definition) is 5. The monoisotopic (exact) mass is 416 g/mol. The zero-order valence-corrected chi connectivity index (χ0v) is 16.6. The van der Waals surface area contributed by atoms with Gasteiger partial charge in [-0.1, -0.05) is 30.2 Å². The Morgan fingerprint density at radius 2 is 2.17 bits per heavy atom. The van der Waals surface area contributed by atoms with Crippen LogP contribution in [0.25, 0.3) is 16.5 Å². The average molecular weight is 416 g/mol. The van der Waals surface area contributed by atoms with Crippen LogP contribution in [-0.2, 0) is 0 Å². The van der Waals surface area contributed by atoms with Crippen molar-refractivity contribution < 1.29 is 5.11 Å². The molecule has 2 aliphatic heterocycles. The van der Waals surface area contributed by atoms with Crippen LogP contribution in [0.15, 0.2) is 35.3 Å². The van der Waals surface area contributed by atoms with Crippen LogP contribution in [0.1, 0.15) is 29.9 Å². The minimum Gasteiger partial charge on any atom is -0.493 e. The molecule has 0 aliphatic carbocycles.